The molecule has 0 saturated carbocycles. The molecule has 0 aromatic carbocycles. The van der Waals surface area contributed by atoms with Crippen molar-refractivity contribution in [2.45, 2.75) is 46.2 Å². The van der Waals surface area contributed by atoms with E-state index in [1.165, 1.54) is 4.88 Å². The van der Waals surface area contributed by atoms with Gasteiger partial charge in [0.2, 0.25) is 0 Å². The minimum Gasteiger partial charge on any atom is -0.358 e. The molecule has 0 aliphatic carbocycles. The van der Waals surface area contributed by atoms with Crippen LogP contribution in [0.1, 0.15) is 41.9 Å². The number of aromatic nitrogens is 1. The Balaban J connectivity index is 2.02. The molecule has 1 aliphatic rings. The van der Waals surface area contributed by atoms with E-state index in [0.717, 1.165) is 28.0 Å². The van der Waals surface area contributed by atoms with Crippen molar-refractivity contribution in [3.05, 3.63) is 15.6 Å². The molecule has 2 rings (SSSR count). The molecule has 94 valence electrons. The van der Waals surface area contributed by atoms with Gasteiger partial charge < -0.3 is 5.32 Å². The summed E-state index contributed by atoms with van der Waals surface area (Å²) in [5.41, 5.74) is 1.14. The van der Waals surface area contributed by atoms with Gasteiger partial charge in [-0.05, 0) is 27.2 Å². The van der Waals surface area contributed by atoms with Crippen LogP contribution in [-0.2, 0) is 0 Å². The quantitative estimate of drug-likeness (QED) is 0.915. The first-order chi connectivity index (χ1) is 8.10. The van der Waals surface area contributed by atoms with E-state index in [4.69, 9.17) is 0 Å². The number of thioether (sulfide) groups is 1. The lowest BCUT2D eigenvalue weighted by Gasteiger charge is -2.13. The number of amidine groups is 1. The molecule has 0 bridgehead atoms. The Morgan fingerprint density at radius 2 is 2.24 bits per heavy atom. The first kappa shape index (κ1) is 12.9. The van der Waals surface area contributed by atoms with Crippen LogP contribution in [0.5, 0.6) is 0 Å². The molecule has 2 atom stereocenters. The number of nitrogens with one attached hydrogen (secondary N) is 1. The normalized spacial score (nSPS) is 21.4. The monoisotopic (exact) mass is 269 g/mol. The topological polar surface area (TPSA) is 37.3 Å². The van der Waals surface area contributed by atoms with Gasteiger partial charge in [0, 0.05) is 10.6 Å². The molecular formula is C12H19N3S2. The van der Waals surface area contributed by atoms with Crippen molar-refractivity contribution < 1.29 is 0 Å². The maximum absolute atomic E-state index is 4.66. The SMILES string of the molecule is CCC1CSC(NC(C)c2sc(C)nc2C)=N1. The van der Waals surface area contributed by atoms with E-state index < -0.39 is 0 Å². The summed E-state index contributed by atoms with van der Waals surface area (Å²) in [6.45, 7) is 8.51. The average molecular weight is 269 g/mol. The number of thiazole rings is 1. The van der Waals surface area contributed by atoms with Crippen molar-refractivity contribution >= 4 is 28.3 Å². The Labute approximate surface area is 111 Å². The fourth-order valence-corrected chi connectivity index (χ4v) is 3.98. The summed E-state index contributed by atoms with van der Waals surface area (Å²) in [5.74, 6) is 1.12. The van der Waals surface area contributed by atoms with Gasteiger partial charge in [0.05, 0.1) is 22.8 Å². The van der Waals surface area contributed by atoms with E-state index in [9.17, 15) is 0 Å². The minimum absolute atomic E-state index is 0.308. The third-order valence-corrected chi connectivity index (χ3v) is 5.16. The summed E-state index contributed by atoms with van der Waals surface area (Å²) >= 11 is 3.61. The van der Waals surface area contributed by atoms with Crippen LogP contribution < -0.4 is 5.32 Å². The molecule has 0 amide bonds. The van der Waals surface area contributed by atoms with Crippen LogP contribution >= 0.6 is 23.1 Å². The summed E-state index contributed by atoms with van der Waals surface area (Å²) in [7, 11) is 0. The summed E-state index contributed by atoms with van der Waals surface area (Å²) in [5, 5.41) is 5.73. The van der Waals surface area contributed by atoms with Gasteiger partial charge in [-0.25, -0.2) is 4.98 Å². The van der Waals surface area contributed by atoms with Crippen LogP contribution in [0.3, 0.4) is 0 Å². The number of nitrogens with zero attached hydrogens (tertiary/aromatic N) is 2. The third kappa shape index (κ3) is 3.01. The smallest absolute Gasteiger partial charge is 0.157 e. The van der Waals surface area contributed by atoms with Crippen LogP contribution in [0.2, 0.25) is 0 Å². The molecule has 17 heavy (non-hydrogen) atoms. The Morgan fingerprint density at radius 3 is 2.76 bits per heavy atom. The number of rotatable bonds is 3. The van der Waals surface area contributed by atoms with Gasteiger partial charge in [-0.15, -0.1) is 11.3 Å². The third-order valence-electron chi connectivity index (χ3n) is 2.86. The van der Waals surface area contributed by atoms with Crippen LogP contribution in [0.4, 0.5) is 0 Å². The molecule has 1 aromatic heterocycles. The Kier molecular flexibility index (Phi) is 4.09. The highest BCUT2D eigenvalue weighted by Gasteiger charge is 2.20. The average Bonchev–Trinajstić information content (AvgIpc) is 2.85. The van der Waals surface area contributed by atoms with Crippen LogP contribution in [-0.4, -0.2) is 21.9 Å². The van der Waals surface area contributed by atoms with Crippen molar-refractivity contribution in [3.63, 3.8) is 0 Å². The van der Waals surface area contributed by atoms with Gasteiger partial charge in [-0.2, -0.15) is 0 Å². The number of aryl methyl sites for hydroxylation is 2. The number of hydrogen-bond acceptors (Lipinski definition) is 5. The molecule has 3 nitrogen and oxygen atoms in total. The molecule has 0 saturated heterocycles. The summed E-state index contributed by atoms with van der Waals surface area (Å²) in [6.07, 6.45) is 1.13. The molecule has 1 aliphatic heterocycles. The maximum atomic E-state index is 4.66. The van der Waals surface area contributed by atoms with Crippen molar-refractivity contribution in [2.24, 2.45) is 4.99 Å². The Bertz CT molecular complexity index is 425. The fourth-order valence-electron chi connectivity index (χ4n) is 1.90. The largest absolute Gasteiger partial charge is 0.358 e. The van der Waals surface area contributed by atoms with Crippen LogP contribution in [0, 0.1) is 13.8 Å². The highest BCUT2D eigenvalue weighted by atomic mass is 32.2. The van der Waals surface area contributed by atoms with E-state index in [1.54, 1.807) is 11.3 Å². The molecular weight excluding hydrogens is 250 g/mol. The molecule has 2 heterocycles. The number of aliphatic imine (C=N–C) groups is 1. The molecule has 2 unspecified atom stereocenters. The van der Waals surface area contributed by atoms with Crippen molar-refractivity contribution in [1.82, 2.24) is 10.3 Å². The van der Waals surface area contributed by atoms with E-state index in [-0.39, 0.29) is 0 Å². The van der Waals surface area contributed by atoms with E-state index in [0.29, 0.717) is 12.1 Å². The second-order valence-corrected chi connectivity index (χ2v) is 6.60. The predicted molar refractivity (Wildman–Crippen MR) is 77.1 cm³/mol. The molecule has 5 heteroatoms. The minimum atomic E-state index is 0.308. The second-order valence-electron chi connectivity index (χ2n) is 4.36. The predicted octanol–water partition coefficient (Wildman–Crippen LogP) is 3.29. The van der Waals surface area contributed by atoms with Crippen molar-refractivity contribution in [3.8, 4) is 0 Å². The van der Waals surface area contributed by atoms with Gasteiger partial charge in [0.25, 0.3) is 0 Å². The summed E-state index contributed by atoms with van der Waals surface area (Å²) in [4.78, 5) is 10.5. The van der Waals surface area contributed by atoms with E-state index >= 15 is 0 Å². The lowest BCUT2D eigenvalue weighted by Crippen LogP contribution is -2.22. The Hall–Kier alpha value is -0.550. The highest BCUT2D eigenvalue weighted by Crippen LogP contribution is 2.26. The molecule has 1 aromatic rings. The fraction of sp³-hybridized carbons (Fsp3) is 0.667. The zero-order valence-corrected chi connectivity index (χ0v) is 12.4. The summed E-state index contributed by atoms with van der Waals surface area (Å²) < 4.78 is 0. The first-order valence-corrected chi connectivity index (χ1v) is 7.81. The van der Waals surface area contributed by atoms with Crippen LogP contribution in [0.15, 0.2) is 4.99 Å². The van der Waals surface area contributed by atoms with Crippen molar-refractivity contribution in [1.29, 1.82) is 0 Å². The zero-order chi connectivity index (χ0) is 12.4. The zero-order valence-electron chi connectivity index (χ0n) is 10.8. The lowest BCUT2D eigenvalue weighted by molar-refractivity contribution is 0.706. The lowest BCUT2D eigenvalue weighted by atomic mass is 10.2. The highest BCUT2D eigenvalue weighted by molar-refractivity contribution is 8.14. The molecule has 1 N–H and O–H groups in total. The first-order valence-electron chi connectivity index (χ1n) is 6.01. The summed E-state index contributed by atoms with van der Waals surface area (Å²) in [6, 6.07) is 0.807. The standard InChI is InChI=1S/C12H19N3S2/c1-5-10-6-16-12(15-10)14-8(3)11-7(2)13-9(4)17-11/h8,10H,5-6H2,1-4H3,(H,14,15). The van der Waals surface area contributed by atoms with Gasteiger partial charge in [-0.1, -0.05) is 18.7 Å². The van der Waals surface area contributed by atoms with E-state index in [2.05, 4.69) is 43.0 Å². The van der Waals surface area contributed by atoms with Gasteiger partial charge in [0.15, 0.2) is 5.17 Å². The van der Waals surface area contributed by atoms with Crippen LogP contribution in [0.25, 0.3) is 0 Å². The second kappa shape index (κ2) is 5.40. The van der Waals surface area contributed by atoms with E-state index in [1.807, 2.05) is 11.8 Å². The number of hydrogen-bond donors (Lipinski definition) is 1. The van der Waals surface area contributed by atoms with Crippen molar-refractivity contribution in [2.75, 3.05) is 5.75 Å². The Morgan fingerprint density at radius 1 is 1.47 bits per heavy atom. The van der Waals surface area contributed by atoms with Gasteiger partial charge in [-0.3, -0.25) is 4.99 Å². The maximum Gasteiger partial charge on any atom is 0.157 e. The van der Waals surface area contributed by atoms with Gasteiger partial charge in [0.1, 0.15) is 0 Å². The molecule has 0 fully saturated rings. The molecule has 0 spiro atoms. The molecule has 0 radical (unpaired) electrons. The van der Waals surface area contributed by atoms with Gasteiger partial charge >= 0.3 is 0 Å².